The van der Waals surface area contributed by atoms with Gasteiger partial charge in [-0.05, 0) is 31.7 Å². The Labute approximate surface area is 145 Å². The predicted octanol–water partition coefficient (Wildman–Crippen LogP) is 1.85. The zero-order valence-electron chi connectivity index (χ0n) is 15.1. The highest BCUT2D eigenvalue weighted by Gasteiger charge is 2.27. The van der Waals surface area contributed by atoms with Gasteiger partial charge in [0.1, 0.15) is 5.75 Å². The molecule has 0 saturated carbocycles. The van der Waals surface area contributed by atoms with Crippen LogP contribution in [0.5, 0.6) is 5.75 Å². The topological polar surface area (TPSA) is 36.0 Å². The van der Waals surface area contributed by atoms with Crippen molar-refractivity contribution in [2.45, 2.75) is 19.5 Å². The first-order chi connectivity index (χ1) is 11.5. The molecule has 2 rings (SSSR count). The van der Waals surface area contributed by atoms with E-state index in [4.69, 9.17) is 4.74 Å². The van der Waals surface area contributed by atoms with Gasteiger partial charge in [-0.2, -0.15) is 0 Å². The van der Waals surface area contributed by atoms with Crippen molar-refractivity contribution in [3.63, 3.8) is 0 Å². The molecule has 0 aliphatic carbocycles. The highest BCUT2D eigenvalue weighted by atomic mass is 16.5. The summed E-state index contributed by atoms with van der Waals surface area (Å²) in [6.45, 7) is 10.8. The summed E-state index contributed by atoms with van der Waals surface area (Å²) in [6, 6.07) is 7.75. The van der Waals surface area contributed by atoms with Crippen LogP contribution in [-0.2, 0) is 11.3 Å². The minimum Gasteiger partial charge on any atom is -0.497 e. The molecule has 1 aliphatic heterocycles. The van der Waals surface area contributed by atoms with E-state index in [-0.39, 0.29) is 11.9 Å². The SMILES string of the molecule is C=CCN(Cc1cccc(OC)c1)C(=O)C(C)N1CCN(C)CC1. The van der Waals surface area contributed by atoms with Gasteiger partial charge in [0.2, 0.25) is 5.91 Å². The third kappa shape index (κ3) is 4.82. The van der Waals surface area contributed by atoms with E-state index in [2.05, 4.69) is 23.4 Å². The average molecular weight is 331 g/mol. The lowest BCUT2D eigenvalue weighted by molar-refractivity contribution is -0.137. The van der Waals surface area contributed by atoms with Crippen molar-refractivity contribution < 1.29 is 9.53 Å². The van der Waals surface area contributed by atoms with E-state index >= 15 is 0 Å². The van der Waals surface area contributed by atoms with Crippen LogP contribution in [0.15, 0.2) is 36.9 Å². The Bertz CT molecular complexity index is 553. The van der Waals surface area contributed by atoms with Gasteiger partial charge in [-0.15, -0.1) is 6.58 Å². The molecule has 1 aliphatic rings. The smallest absolute Gasteiger partial charge is 0.240 e. The fraction of sp³-hybridized carbons (Fsp3) is 0.526. The monoisotopic (exact) mass is 331 g/mol. The molecule has 1 saturated heterocycles. The first-order valence-corrected chi connectivity index (χ1v) is 8.50. The van der Waals surface area contributed by atoms with Crippen LogP contribution in [0.3, 0.4) is 0 Å². The van der Waals surface area contributed by atoms with Gasteiger partial charge in [0.25, 0.3) is 0 Å². The maximum Gasteiger partial charge on any atom is 0.240 e. The zero-order valence-corrected chi connectivity index (χ0v) is 15.1. The quantitative estimate of drug-likeness (QED) is 0.715. The van der Waals surface area contributed by atoms with Crippen molar-refractivity contribution in [1.29, 1.82) is 0 Å². The molecule has 1 unspecified atom stereocenters. The average Bonchev–Trinajstić information content (AvgIpc) is 2.61. The first kappa shape index (κ1) is 18.5. The zero-order chi connectivity index (χ0) is 17.5. The molecule has 0 bridgehead atoms. The molecule has 0 spiro atoms. The number of ether oxygens (including phenoxy) is 1. The van der Waals surface area contributed by atoms with E-state index in [1.165, 1.54) is 0 Å². The number of amides is 1. The van der Waals surface area contributed by atoms with E-state index in [9.17, 15) is 4.79 Å². The van der Waals surface area contributed by atoms with Gasteiger partial charge in [-0.3, -0.25) is 9.69 Å². The molecule has 5 nitrogen and oxygen atoms in total. The Kier molecular flexibility index (Phi) is 6.82. The van der Waals surface area contributed by atoms with Crippen LogP contribution in [0.2, 0.25) is 0 Å². The highest BCUT2D eigenvalue weighted by molar-refractivity contribution is 5.81. The van der Waals surface area contributed by atoms with Gasteiger partial charge >= 0.3 is 0 Å². The third-order valence-corrected chi connectivity index (χ3v) is 4.61. The van der Waals surface area contributed by atoms with Gasteiger partial charge in [0.15, 0.2) is 0 Å². The number of likely N-dealkylation sites (N-methyl/N-ethyl adjacent to an activating group) is 1. The number of nitrogens with zero attached hydrogens (tertiary/aromatic N) is 3. The van der Waals surface area contributed by atoms with Crippen LogP contribution in [0.4, 0.5) is 0 Å². The van der Waals surface area contributed by atoms with Crippen LogP contribution < -0.4 is 4.74 Å². The third-order valence-electron chi connectivity index (χ3n) is 4.61. The number of methoxy groups -OCH3 is 1. The lowest BCUT2D eigenvalue weighted by Crippen LogP contribution is -2.53. The molecule has 24 heavy (non-hydrogen) atoms. The lowest BCUT2D eigenvalue weighted by atomic mass is 10.1. The number of hydrogen-bond acceptors (Lipinski definition) is 4. The molecule has 132 valence electrons. The van der Waals surface area contributed by atoms with Gasteiger partial charge < -0.3 is 14.5 Å². The summed E-state index contributed by atoms with van der Waals surface area (Å²) in [5, 5.41) is 0. The Hall–Kier alpha value is -1.85. The fourth-order valence-electron chi connectivity index (χ4n) is 3.01. The predicted molar refractivity (Wildman–Crippen MR) is 97.1 cm³/mol. The normalized spacial score (nSPS) is 17.3. The standard InChI is InChI=1S/C19H29N3O2/c1-5-9-22(15-17-7-6-8-18(14-17)24-4)19(23)16(2)21-12-10-20(3)11-13-21/h5-8,14,16H,1,9-13,15H2,2-4H3. The molecular weight excluding hydrogens is 302 g/mol. The van der Waals surface area contributed by atoms with Crippen molar-refractivity contribution >= 4 is 5.91 Å². The molecule has 1 aromatic rings. The molecule has 0 radical (unpaired) electrons. The molecule has 1 fully saturated rings. The van der Waals surface area contributed by atoms with E-state index in [0.29, 0.717) is 13.1 Å². The van der Waals surface area contributed by atoms with Crippen LogP contribution >= 0.6 is 0 Å². The molecular formula is C19H29N3O2. The molecule has 1 aromatic carbocycles. The minimum atomic E-state index is -0.107. The fourth-order valence-corrected chi connectivity index (χ4v) is 3.01. The molecule has 0 N–H and O–H groups in total. The number of rotatable bonds is 7. The molecule has 5 heteroatoms. The Morgan fingerprint density at radius 2 is 2.08 bits per heavy atom. The van der Waals surface area contributed by atoms with Crippen LogP contribution in [-0.4, -0.2) is 73.5 Å². The molecule has 1 atom stereocenters. The van der Waals surface area contributed by atoms with Gasteiger partial charge in [0, 0.05) is 39.3 Å². The van der Waals surface area contributed by atoms with E-state index in [1.54, 1.807) is 13.2 Å². The van der Waals surface area contributed by atoms with Crippen LogP contribution in [0.25, 0.3) is 0 Å². The lowest BCUT2D eigenvalue weighted by Gasteiger charge is -2.37. The minimum absolute atomic E-state index is 0.107. The number of hydrogen-bond donors (Lipinski definition) is 0. The summed E-state index contributed by atoms with van der Waals surface area (Å²) in [5.74, 6) is 0.966. The van der Waals surface area contributed by atoms with Crippen LogP contribution in [0.1, 0.15) is 12.5 Å². The Morgan fingerprint density at radius 1 is 1.38 bits per heavy atom. The van der Waals surface area contributed by atoms with Crippen molar-refractivity contribution in [1.82, 2.24) is 14.7 Å². The maximum absolute atomic E-state index is 13.0. The highest BCUT2D eigenvalue weighted by Crippen LogP contribution is 2.16. The molecule has 1 amide bonds. The van der Waals surface area contributed by atoms with E-state index in [1.807, 2.05) is 36.1 Å². The number of carbonyl (C=O) groups is 1. The summed E-state index contributed by atoms with van der Waals surface area (Å²) in [7, 11) is 3.78. The molecule has 0 aromatic heterocycles. The summed E-state index contributed by atoms with van der Waals surface area (Å²) in [4.78, 5) is 19.4. The second-order valence-electron chi connectivity index (χ2n) is 6.37. The van der Waals surface area contributed by atoms with Crippen molar-refractivity contribution in [2.75, 3.05) is 46.9 Å². The van der Waals surface area contributed by atoms with Crippen molar-refractivity contribution in [2.24, 2.45) is 0 Å². The van der Waals surface area contributed by atoms with Gasteiger partial charge in [0.05, 0.1) is 13.2 Å². The number of piperazine rings is 1. The summed E-state index contributed by atoms with van der Waals surface area (Å²) < 4.78 is 5.27. The first-order valence-electron chi connectivity index (χ1n) is 8.50. The largest absolute Gasteiger partial charge is 0.497 e. The van der Waals surface area contributed by atoms with Crippen molar-refractivity contribution in [3.8, 4) is 5.75 Å². The second-order valence-corrected chi connectivity index (χ2v) is 6.37. The van der Waals surface area contributed by atoms with Gasteiger partial charge in [-0.25, -0.2) is 0 Å². The summed E-state index contributed by atoms with van der Waals surface area (Å²) in [6.07, 6.45) is 1.79. The number of carbonyl (C=O) groups excluding carboxylic acids is 1. The summed E-state index contributed by atoms with van der Waals surface area (Å²) in [5.41, 5.74) is 1.06. The van der Waals surface area contributed by atoms with E-state index in [0.717, 1.165) is 37.5 Å². The van der Waals surface area contributed by atoms with Gasteiger partial charge in [-0.1, -0.05) is 18.2 Å². The molecule has 1 heterocycles. The summed E-state index contributed by atoms with van der Waals surface area (Å²) >= 11 is 0. The van der Waals surface area contributed by atoms with Crippen molar-refractivity contribution in [3.05, 3.63) is 42.5 Å². The van der Waals surface area contributed by atoms with E-state index < -0.39 is 0 Å². The Balaban J connectivity index is 2.04. The Morgan fingerprint density at radius 3 is 2.71 bits per heavy atom. The number of benzene rings is 1. The second kappa shape index (κ2) is 8.85. The maximum atomic E-state index is 13.0. The van der Waals surface area contributed by atoms with Crippen LogP contribution in [0, 0.1) is 0 Å².